The summed E-state index contributed by atoms with van der Waals surface area (Å²) in [6.07, 6.45) is 3.08. The number of hydrogen-bond acceptors (Lipinski definition) is 3. The van der Waals surface area contributed by atoms with Crippen molar-refractivity contribution in [2.24, 2.45) is 9.98 Å². The van der Waals surface area contributed by atoms with E-state index in [4.69, 9.17) is 9.98 Å². The van der Waals surface area contributed by atoms with Gasteiger partial charge >= 0.3 is 0 Å². The number of hydrogen-bond donors (Lipinski definition) is 0. The summed E-state index contributed by atoms with van der Waals surface area (Å²) in [6, 6.07) is 72.0. The van der Waals surface area contributed by atoms with Crippen LogP contribution >= 0.6 is 0 Å². The molecule has 0 aromatic heterocycles. The second-order valence-electron chi connectivity index (χ2n) is 14.9. The first-order valence-corrected chi connectivity index (χ1v) is 19.7. The predicted octanol–water partition coefficient (Wildman–Crippen LogP) is 14.1. The SMILES string of the molecule is C1=C2/N=C(c3ccc(-c4ccccc4)cc3)\N=C(\c3ccc4c5ccccc5c5ccccc5c4c3)C(C/1)c1ccccc1N(c1ccccc1)c1ccccc12. The number of fused-ring (bicyclic) bond motifs is 12. The number of rotatable bonds is 4. The van der Waals surface area contributed by atoms with Crippen LogP contribution in [0.2, 0.25) is 0 Å². The highest BCUT2D eigenvalue weighted by atomic mass is 15.2. The van der Waals surface area contributed by atoms with Gasteiger partial charge in [-0.25, -0.2) is 9.98 Å². The van der Waals surface area contributed by atoms with Crippen LogP contribution in [-0.2, 0) is 0 Å². The van der Waals surface area contributed by atoms with Gasteiger partial charge in [0.2, 0.25) is 0 Å². The molecule has 0 saturated carbocycles. The van der Waals surface area contributed by atoms with E-state index in [-0.39, 0.29) is 5.92 Å². The third-order valence-electron chi connectivity index (χ3n) is 11.6. The Morgan fingerprint density at radius 3 is 1.65 bits per heavy atom. The van der Waals surface area contributed by atoms with Gasteiger partial charge in [0.25, 0.3) is 0 Å². The van der Waals surface area contributed by atoms with E-state index >= 15 is 0 Å². The summed E-state index contributed by atoms with van der Waals surface area (Å²) >= 11 is 0. The van der Waals surface area contributed by atoms with Gasteiger partial charge in [-0.3, -0.25) is 0 Å². The van der Waals surface area contributed by atoms with Crippen molar-refractivity contribution < 1.29 is 0 Å². The summed E-state index contributed by atoms with van der Waals surface area (Å²) in [4.78, 5) is 13.7. The molecule has 0 spiro atoms. The Balaban J connectivity index is 1.20. The highest BCUT2D eigenvalue weighted by molar-refractivity contribution is 6.27. The fourth-order valence-electron chi connectivity index (χ4n) is 8.92. The Morgan fingerprint density at radius 2 is 0.930 bits per heavy atom. The Kier molecular flexibility index (Phi) is 7.96. The molecular weight excluding hydrogens is 691 g/mol. The Labute approximate surface area is 332 Å². The lowest BCUT2D eigenvalue weighted by atomic mass is 9.84. The van der Waals surface area contributed by atoms with E-state index in [0.717, 1.165) is 57.1 Å². The van der Waals surface area contributed by atoms with Gasteiger partial charge in [-0.2, -0.15) is 0 Å². The zero-order chi connectivity index (χ0) is 37.7. The van der Waals surface area contributed by atoms with Crippen LogP contribution in [0.3, 0.4) is 0 Å². The van der Waals surface area contributed by atoms with Crippen LogP contribution in [0.1, 0.15) is 34.6 Å². The summed E-state index contributed by atoms with van der Waals surface area (Å²) in [6.45, 7) is 0. The van der Waals surface area contributed by atoms with Crippen LogP contribution in [0, 0.1) is 0 Å². The third-order valence-corrected chi connectivity index (χ3v) is 11.6. The van der Waals surface area contributed by atoms with Gasteiger partial charge in [-0.1, -0.05) is 176 Å². The maximum atomic E-state index is 5.73. The highest BCUT2D eigenvalue weighted by Crippen LogP contribution is 2.47. The van der Waals surface area contributed by atoms with Crippen LogP contribution in [0.4, 0.5) is 17.1 Å². The maximum absolute atomic E-state index is 5.73. The molecule has 2 aliphatic rings. The fraction of sp³-hybridized carbons (Fsp3) is 0.0370. The number of para-hydroxylation sites is 3. The van der Waals surface area contributed by atoms with Crippen molar-refractivity contribution >= 4 is 66.6 Å². The predicted molar refractivity (Wildman–Crippen MR) is 240 cm³/mol. The van der Waals surface area contributed by atoms with Gasteiger partial charge in [0.05, 0.1) is 22.8 Å². The van der Waals surface area contributed by atoms with Crippen LogP contribution in [0.5, 0.6) is 0 Å². The molecule has 0 radical (unpaired) electrons. The van der Waals surface area contributed by atoms with Crippen LogP contribution in [0.25, 0.3) is 49.1 Å². The molecule has 57 heavy (non-hydrogen) atoms. The Hall–Kier alpha value is -7.36. The van der Waals surface area contributed by atoms with Crippen molar-refractivity contribution in [2.75, 3.05) is 4.90 Å². The molecule has 0 N–H and O–H groups in total. The van der Waals surface area contributed by atoms with Gasteiger partial charge < -0.3 is 4.90 Å². The molecular formula is C54H37N3. The number of aliphatic imine (C=N–C) groups is 2. The Bertz CT molecular complexity index is 3050. The average molecular weight is 728 g/mol. The molecule has 0 fully saturated rings. The van der Waals surface area contributed by atoms with E-state index in [1.807, 2.05) is 0 Å². The molecule has 1 unspecified atom stereocenters. The summed E-state index contributed by atoms with van der Waals surface area (Å²) in [5.74, 6) is 0.625. The minimum absolute atomic E-state index is 0.0741. The van der Waals surface area contributed by atoms with Gasteiger partial charge in [0, 0.05) is 22.7 Å². The van der Waals surface area contributed by atoms with Gasteiger partial charge in [-0.15, -0.1) is 0 Å². The summed E-state index contributed by atoms with van der Waals surface area (Å²) in [5, 5.41) is 7.50. The molecule has 0 saturated heterocycles. The molecule has 3 heteroatoms. The second-order valence-corrected chi connectivity index (χ2v) is 14.9. The van der Waals surface area contributed by atoms with Crippen LogP contribution in [-0.4, -0.2) is 11.5 Å². The van der Waals surface area contributed by atoms with Crippen LogP contribution < -0.4 is 4.90 Å². The van der Waals surface area contributed by atoms with Crippen molar-refractivity contribution in [1.82, 2.24) is 0 Å². The first-order valence-electron chi connectivity index (χ1n) is 19.7. The Morgan fingerprint density at radius 1 is 0.404 bits per heavy atom. The van der Waals surface area contributed by atoms with E-state index in [1.165, 1.54) is 43.4 Å². The molecule has 0 aliphatic carbocycles. The molecule has 2 aliphatic heterocycles. The minimum atomic E-state index is -0.0741. The van der Waals surface area contributed by atoms with Crippen molar-refractivity contribution in [2.45, 2.75) is 12.3 Å². The zero-order valence-corrected chi connectivity index (χ0v) is 31.3. The number of amidine groups is 1. The molecule has 2 bridgehead atoms. The number of nitrogens with zero attached hydrogens (tertiary/aromatic N) is 3. The number of allylic oxidation sites excluding steroid dienone is 1. The smallest absolute Gasteiger partial charge is 0.160 e. The molecule has 11 rings (SSSR count). The topological polar surface area (TPSA) is 28.0 Å². The zero-order valence-electron chi connectivity index (χ0n) is 31.3. The van der Waals surface area contributed by atoms with Crippen molar-refractivity contribution in [3.05, 3.63) is 229 Å². The first-order chi connectivity index (χ1) is 28.3. The molecule has 9 aromatic carbocycles. The van der Waals surface area contributed by atoms with Gasteiger partial charge in [-0.05, 0) is 91.3 Å². The minimum Gasteiger partial charge on any atom is -0.310 e. The van der Waals surface area contributed by atoms with Crippen LogP contribution in [0.15, 0.2) is 216 Å². The summed E-state index contributed by atoms with van der Waals surface area (Å²) < 4.78 is 0. The number of benzene rings is 9. The standard InChI is InChI=1S/C54H37N3/c1-3-15-36(16-4-1)37-27-29-38(30-28-37)54-55-50-34-33-47(46-23-11-13-25-51(46)57(40-17-5-2-6-18-40)52-26-14-12-24-48(50)52)53(56-54)39-31-32-45-43-21-8-7-19-41(43)42-20-9-10-22-44(42)49(45)35-39/h1-32,34-35,47H,33H2/b50-34+,55-54-,56-53-. The highest BCUT2D eigenvalue weighted by Gasteiger charge is 2.31. The molecule has 1 atom stereocenters. The van der Waals surface area contributed by atoms with Crippen molar-refractivity contribution in [3.63, 3.8) is 0 Å². The van der Waals surface area contributed by atoms with Crippen molar-refractivity contribution in [1.29, 1.82) is 0 Å². The normalized spacial score (nSPS) is 17.8. The fourth-order valence-corrected chi connectivity index (χ4v) is 8.92. The lowest BCUT2D eigenvalue weighted by Crippen LogP contribution is -2.20. The average Bonchev–Trinajstić information content (AvgIpc) is 3.32. The monoisotopic (exact) mass is 727 g/mol. The quantitative estimate of drug-likeness (QED) is 0.166. The van der Waals surface area contributed by atoms with E-state index in [0.29, 0.717) is 5.84 Å². The van der Waals surface area contributed by atoms with E-state index in [1.54, 1.807) is 0 Å². The summed E-state index contributed by atoms with van der Waals surface area (Å²) in [5.41, 5.74) is 11.9. The third kappa shape index (κ3) is 5.67. The van der Waals surface area contributed by atoms with Gasteiger partial charge in [0.1, 0.15) is 0 Å². The van der Waals surface area contributed by atoms with E-state index in [2.05, 4.69) is 211 Å². The molecule has 268 valence electrons. The number of anilines is 3. The molecule has 2 heterocycles. The maximum Gasteiger partial charge on any atom is 0.160 e. The second kappa shape index (κ2) is 13.7. The summed E-state index contributed by atoms with van der Waals surface area (Å²) in [7, 11) is 0. The lowest BCUT2D eigenvalue weighted by molar-refractivity contribution is 0.905. The largest absolute Gasteiger partial charge is 0.310 e. The van der Waals surface area contributed by atoms with E-state index < -0.39 is 0 Å². The van der Waals surface area contributed by atoms with Gasteiger partial charge in [0.15, 0.2) is 5.84 Å². The first kappa shape index (κ1) is 33.0. The molecule has 3 nitrogen and oxygen atoms in total. The molecule has 9 aromatic rings. The van der Waals surface area contributed by atoms with E-state index in [9.17, 15) is 0 Å². The van der Waals surface area contributed by atoms with Crippen molar-refractivity contribution in [3.8, 4) is 11.1 Å². The molecule has 0 amide bonds. The lowest BCUT2D eigenvalue weighted by Gasteiger charge is -2.30.